The quantitative estimate of drug-likeness (QED) is 0.176. The van der Waals surface area contributed by atoms with Crippen molar-refractivity contribution in [3.05, 3.63) is 181 Å². The highest BCUT2D eigenvalue weighted by Gasteiger charge is 2.39. The van der Waals surface area contributed by atoms with Gasteiger partial charge >= 0.3 is 0 Å². The zero-order chi connectivity index (χ0) is 35.0. The molecule has 0 N–H and O–H groups in total. The maximum Gasteiger partial charge on any atom is 0.0625 e. The van der Waals surface area contributed by atoms with Crippen LogP contribution in [0, 0.1) is 0 Å². The van der Waals surface area contributed by atoms with Crippen LogP contribution in [0.3, 0.4) is 0 Å². The number of aromatic nitrogens is 2. The summed E-state index contributed by atoms with van der Waals surface area (Å²) in [5, 5.41) is 7.87. The van der Waals surface area contributed by atoms with Gasteiger partial charge in [-0.15, -0.1) is 0 Å². The third kappa shape index (κ3) is 3.77. The number of hydrogen-bond donors (Lipinski definition) is 0. The summed E-state index contributed by atoms with van der Waals surface area (Å²) in [7, 11) is 0. The molecule has 1 aliphatic rings. The zero-order valence-corrected chi connectivity index (χ0v) is 29.6. The van der Waals surface area contributed by atoms with Crippen molar-refractivity contribution in [1.82, 2.24) is 8.97 Å². The first kappa shape index (κ1) is 29.0. The van der Waals surface area contributed by atoms with E-state index in [1.165, 1.54) is 110 Å². The highest BCUT2D eigenvalue weighted by molar-refractivity contribution is 6.27. The van der Waals surface area contributed by atoms with Crippen LogP contribution >= 0.6 is 0 Å². The van der Waals surface area contributed by atoms with Crippen LogP contribution in [-0.2, 0) is 5.41 Å². The molecule has 1 aliphatic heterocycles. The second-order valence-electron chi connectivity index (χ2n) is 15.3. The van der Waals surface area contributed by atoms with E-state index in [1.54, 1.807) is 0 Å². The van der Waals surface area contributed by atoms with E-state index in [9.17, 15) is 0 Å². The number of rotatable bonds is 3. The second kappa shape index (κ2) is 10.2. The van der Waals surface area contributed by atoms with E-state index >= 15 is 0 Å². The van der Waals surface area contributed by atoms with Crippen molar-refractivity contribution in [3.8, 4) is 39.1 Å². The van der Waals surface area contributed by atoms with Crippen molar-refractivity contribution in [2.75, 3.05) is 0 Å². The van der Waals surface area contributed by atoms with Crippen LogP contribution in [0.2, 0.25) is 0 Å². The van der Waals surface area contributed by atoms with Gasteiger partial charge in [-0.1, -0.05) is 135 Å². The Morgan fingerprint density at radius 1 is 0.377 bits per heavy atom. The Kier molecular flexibility index (Phi) is 5.60. The van der Waals surface area contributed by atoms with Crippen LogP contribution in [0.1, 0.15) is 25.0 Å². The third-order valence-electron chi connectivity index (χ3n) is 12.2. The number of benzene rings is 8. The van der Waals surface area contributed by atoms with E-state index in [0.29, 0.717) is 0 Å². The lowest BCUT2D eigenvalue weighted by Crippen LogP contribution is -2.26. The first-order valence-electron chi connectivity index (χ1n) is 18.6. The molecule has 0 fully saturated rings. The van der Waals surface area contributed by atoms with Gasteiger partial charge in [-0.25, -0.2) is 0 Å². The minimum Gasteiger partial charge on any atom is -0.309 e. The number of fused-ring (bicyclic) bond motifs is 12. The molecular weight excluding hydrogens is 641 g/mol. The monoisotopic (exact) mass is 674 g/mol. The van der Waals surface area contributed by atoms with Crippen LogP contribution in [0.5, 0.6) is 0 Å². The molecule has 12 rings (SSSR count). The molecule has 0 bridgehead atoms. The Morgan fingerprint density at radius 2 is 0.906 bits per heavy atom. The molecule has 4 heterocycles. The van der Waals surface area contributed by atoms with Gasteiger partial charge in [0.05, 0.1) is 33.3 Å². The number of nitrogens with zero attached hydrogens (tertiary/aromatic N) is 2. The summed E-state index contributed by atoms with van der Waals surface area (Å²) in [6, 6.07) is 63.1. The summed E-state index contributed by atoms with van der Waals surface area (Å²) in [5.74, 6) is 0. The van der Waals surface area contributed by atoms with Crippen LogP contribution in [-0.4, -0.2) is 8.97 Å². The Labute approximate surface area is 307 Å². The fourth-order valence-corrected chi connectivity index (χ4v) is 9.79. The average molecular weight is 675 g/mol. The Bertz CT molecular complexity index is 3270. The van der Waals surface area contributed by atoms with Gasteiger partial charge in [-0.05, 0) is 93.0 Å². The van der Waals surface area contributed by atoms with Crippen molar-refractivity contribution in [2.45, 2.75) is 19.3 Å². The van der Waals surface area contributed by atoms with Crippen LogP contribution < -0.4 is 0 Å². The molecule has 3 aromatic heterocycles. The van der Waals surface area contributed by atoms with Gasteiger partial charge in [-0.2, -0.15) is 0 Å². The standard InChI is InChI=1S/C51H34N2/c1-51(2)42-29-36(33-18-10-5-11-19-33)28-39-38-26-34(31-14-6-3-7-15-31)22-24-44(38)53(49(39)42)46-30-40-37-20-12-13-21-43(37)52-45-25-23-35(32-16-8-4-9-17-32)27-41(45)47(48(46)51)50(40)52/h3-30H,1-2H3. The van der Waals surface area contributed by atoms with Crippen molar-refractivity contribution in [2.24, 2.45) is 0 Å². The summed E-state index contributed by atoms with van der Waals surface area (Å²) in [6.07, 6.45) is 0. The maximum atomic E-state index is 2.60. The van der Waals surface area contributed by atoms with Gasteiger partial charge in [0.15, 0.2) is 0 Å². The molecule has 53 heavy (non-hydrogen) atoms. The molecular formula is C51H34N2. The first-order chi connectivity index (χ1) is 26.1. The van der Waals surface area contributed by atoms with E-state index in [1.807, 2.05) is 0 Å². The van der Waals surface area contributed by atoms with Gasteiger partial charge in [0.2, 0.25) is 0 Å². The van der Waals surface area contributed by atoms with E-state index in [-0.39, 0.29) is 5.41 Å². The summed E-state index contributed by atoms with van der Waals surface area (Å²) in [6.45, 7) is 4.92. The molecule has 0 spiro atoms. The molecule has 0 saturated carbocycles. The number of hydrogen-bond acceptors (Lipinski definition) is 0. The van der Waals surface area contributed by atoms with Crippen molar-refractivity contribution in [3.63, 3.8) is 0 Å². The molecule has 11 aromatic rings. The molecule has 0 unspecified atom stereocenters. The summed E-state index contributed by atoms with van der Waals surface area (Å²) < 4.78 is 5.14. The minimum atomic E-state index is -0.305. The predicted molar refractivity (Wildman–Crippen MR) is 224 cm³/mol. The summed E-state index contributed by atoms with van der Waals surface area (Å²) in [4.78, 5) is 0. The molecule has 2 nitrogen and oxygen atoms in total. The van der Waals surface area contributed by atoms with Crippen molar-refractivity contribution in [1.29, 1.82) is 0 Å². The van der Waals surface area contributed by atoms with E-state index < -0.39 is 0 Å². The predicted octanol–water partition coefficient (Wildman–Crippen LogP) is 13.6. The Balaban J connectivity index is 1.29. The fraction of sp³-hybridized carbons (Fsp3) is 0.0588. The van der Waals surface area contributed by atoms with Crippen molar-refractivity contribution < 1.29 is 0 Å². The molecule has 2 heteroatoms. The van der Waals surface area contributed by atoms with Gasteiger partial charge in [0.25, 0.3) is 0 Å². The van der Waals surface area contributed by atoms with Gasteiger partial charge in [0, 0.05) is 37.7 Å². The topological polar surface area (TPSA) is 9.34 Å². The van der Waals surface area contributed by atoms with Gasteiger partial charge in [-0.3, -0.25) is 0 Å². The Hall–Kier alpha value is -6.64. The molecule has 0 radical (unpaired) electrons. The molecule has 0 amide bonds. The third-order valence-corrected chi connectivity index (χ3v) is 12.2. The fourth-order valence-electron chi connectivity index (χ4n) is 9.79. The van der Waals surface area contributed by atoms with Crippen LogP contribution in [0.4, 0.5) is 0 Å². The SMILES string of the molecule is CC1(C)c2c(cc3c4ccccc4n4c5ccc(-c6ccccc6)cc5c2c34)-n2c3ccc(-c4ccccc4)cc3c3cc(-c4ccccc4)cc1c32. The van der Waals surface area contributed by atoms with E-state index in [4.69, 9.17) is 0 Å². The van der Waals surface area contributed by atoms with E-state index in [2.05, 4.69) is 193 Å². The van der Waals surface area contributed by atoms with Crippen LogP contribution in [0.15, 0.2) is 170 Å². The second-order valence-corrected chi connectivity index (χ2v) is 15.3. The lowest BCUT2D eigenvalue weighted by Gasteiger charge is -2.36. The first-order valence-corrected chi connectivity index (χ1v) is 18.6. The van der Waals surface area contributed by atoms with Crippen LogP contribution in [0.25, 0.3) is 99.0 Å². The summed E-state index contributed by atoms with van der Waals surface area (Å²) in [5.41, 5.74) is 17.6. The zero-order valence-electron chi connectivity index (χ0n) is 29.6. The largest absolute Gasteiger partial charge is 0.309 e. The minimum absolute atomic E-state index is 0.305. The highest BCUT2D eigenvalue weighted by Crippen LogP contribution is 2.55. The number of para-hydroxylation sites is 1. The van der Waals surface area contributed by atoms with E-state index in [0.717, 1.165) is 0 Å². The lowest BCUT2D eigenvalue weighted by molar-refractivity contribution is 0.637. The summed E-state index contributed by atoms with van der Waals surface area (Å²) >= 11 is 0. The maximum absolute atomic E-state index is 2.60. The molecule has 8 aromatic carbocycles. The smallest absolute Gasteiger partial charge is 0.0625 e. The van der Waals surface area contributed by atoms with Gasteiger partial charge in [0.1, 0.15) is 0 Å². The highest BCUT2D eigenvalue weighted by atomic mass is 15.0. The molecule has 0 atom stereocenters. The van der Waals surface area contributed by atoms with Gasteiger partial charge < -0.3 is 8.97 Å². The average Bonchev–Trinajstić information content (AvgIpc) is 3.85. The Morgan fingerprint density at radius 3 is 1.58 bits per heavy atom. The van der Waals surface area contributed by atoms with Crippen molar-refractivity contribution >= 4 is 59.9 Å². The molecule has 248 valence electrons. The normalized spacial score (nSPS) is 13.6. The lowest BCUT2D eigenvalue weighted by atomic mass is 9.72. The molecule has 0 aliphatic carbocycles. The molecule has 0 saturated heterocycles.